The fourth-order valence-corrected chi connectivity index (χ4v) is 3.90. The van der Waals surface area contributed by atoms with E-state index in [9.17, 15) is 0 Å². The molecule has 0 radical (unpaired) electrons. The number of benzene rings is 2. The van der Waals surface area contributed by atoms with Crippen LogP contribution in [0, 0.1) is 23.7 Å². The Kier molecular flexibility index (Phi) is 15.9. The number of fused-ring (bicyclic) bond motifs is 2. The molecule has 10 heteroatoms. The number of hydrogen-bond donors (Lipinski definition) is 0. The maximum atomic E-state index is 5.92. The lowest BCUT2D eigenvalue weighted by Crippen LogP contribution is -2.13. The smallest absolute Gasteiger partial charge is 0.162 e. The summed E-state index contributed by atoms with van der Waals surface area (Å²) in [5.74, 6) is 14.7. The SMILES string of the molecule is C(#Cc1ccc2c(c1)OCCOCCOCCOCCO2)/C=C\C#Cc1ccc2c(c1)OCCOCCOCCOCCO2. The molecule has 236 valence electrons. The molecule has 2 heterocycles. The summed E-state index contributed by atoms with van der Waals surface area (Å²) in [6, 6.07) is 11.2. The minimum atomic E-state index is 0.386. The first-order valence-corrected chi connectivity index (χ1v) is 14.8. The van der Waals surface area contributed by atoms with Crippen LogP contribution in [0.15, 0.2) is 48.6 Å². The number of rotatable bonds is 0. The zero-order valence-electron chi connectivity index (χ0n) is 25.0. The zero-order valence-corrected chi connectivity index (χ0v) is 25.0. The van der Waals surface area contributed by atoms with Crippen molar-refractivity contribution in [3.05, 3.63) is 59.7 Å². The van der Waals surface area contributed by atoms with Crippen molar-refractivity contribution >= 4 is 0 Å². The van der Waals surface area contributed by atoms with Gasteiger partial charge in [0.25, 0.3) is 0 Å². The number of ether oxygens (including phenoxy) is 10. The number of allylic oxidation sites excluding steroid dienone is 2. The van der Waals surface area contributed by atoms with Crippen molar-refractivity contribution in [2.75, 3.05) is 106 Å². The molecule has 0 spiro atoms. The fraction of sp³-hybridized carbons (Fsp3) is 0.471. The van der Waals surface area contributed by atoms with Crippen LogP contribution in [0.25, 0.3) is 0 Å². The first kappa shape index (κ1) is 33.2. The van der Waals surface area contributed by atoms with E-state index in [1.54, 1.807) is 12.2 Å². The molecule has 10 nitrogen and oxygen atoms in total. The predicted molar refractivity (Wildman–Crippen MR) is 163 cm³/mol. The summed E-state index contributed by atoms with van der Waals surface area (Å²) < 4.78 is 56.6. The van der Waals surface area contributed by atoms with E-state index in [0.29, 0.717) is 129 Å². The van der Waals surface area contributed by atoms with E-state index >= 15 is 0 Å². The highest BCUT2D eigenvalue weighted by molar-refractivity contribution is 5.51. The largest absolute Gasteiger partial charge is 0.487 e. The first-order chi connectivity index (χ1) is 21.9. The van der Waals surface area contributed by atoms with Gasteiger partial charge >= 0.3 is 0 Å². The Bertz CT molecular complexity index is 1170. The molecule has 2 aliphatic rings. The molecule has 0 fully saturated rings. The van der Waals surface area contributed by atoms with Crippen molar-refractivity contribution in [2.24, 2.45) is 0 Å². The summed E-state index contributed by atoms with van der Waals surface area (Å²) >= 11 is 0. The molecule has 0 saturated heterocycles. The molecular formula is C34H40O10. The molecule has 0 aromatic heterocycles. The highest BCUT2D eigenvalue weighted by Crippen LogP contribution is 2.29. The molecule has 0 saturated carbocycles. The average Bonchev–Trinajstić information content (AvgIpc) is 3.05. The summed E-state index contributed by atoms with van der Waals surface area (Å²) in [5, 5.41) is 0. The summed E-state index contributed by atoms with van der Waals surface area (Å²) in [6.07, 6.45) is 3.41. The lowest BCUT2D eigenvalue weighted by molar-refractivity contribution is 0.00708. The Morgan fingerprint density at radius 1 is 0.364 bits per heavy atom. The van der Waals surface area contributed by atoms with E-state index in [2.05, 4.69) is 23.7 Å². The van der Waals surface area contributed by atoms with E-state index < -0.39 is 0 Å². The second-order valence-corrected chi connectivity index (χ2v) is 9.26. The van der Waals surface area contributed by atoms with Crippen LogP contribution in [0.3, 0.4) is 0 Å². The minimum Gasteiger partial charge on any atom is -0.487 e. The van der Waals surface area contributed by atoms with Gasteiger partial charge in [0.05, 0.1) is 79.3 Å². The minimum absolute atomic E-state index is 0.386. The fourth-order valence-electron chi connectivity index (χ4n) is 3.90. The van der Waals surface area contributed by atoms with E-state index in [1.165, 1.54) is 0 Å². The third kappa shape index (κ3) is 13.3. The van der Waals surface area contributed by atoms with Gasteiger partial charge in [0.2, 0.25) is 0 Å². The van der Waals surface area contributed by atoms with Crippen molar-refractivity contribution in [1.82, 2.24) is 0 Å². The van der Waals surface area contributed by atoms with Gasteiger partial charge in [0, 0.05) is 11.1 Å². The van der Waals surface area contributed by atoms with Crippen molar-refractivity contribution in [3.63, 3.8) is 0 Å². The highest BCUT2D eigenvalue weighted by atomic mass is 16.6. The molecule has 0 unspecified atom stereocenters. The van der Waals surface area contributed by atoms with Gasteiger partial charge in [0.1, 0.15) is 26.4 Å². The number of hydrogen-bond acceptors (Lipinski definition) is 10. The van der Waals surface area contributed by atoms with Gasteiger partial charge in [-0.15, -0.1) is 0 Å². The van der Waals surface area contributed by atoms with Crippen molar-refractivity contribution in [1.29, 1.82) is 0 Å². The third-order valence-corrected chi connectivity index (χ3v) is 6.00. The van der Waals surface area contributed by atoms with Gasteiger partial charge in [-0.3, -0.25) is 0 Å². The van der Waals surface area contributed by atoms with E-state index in [4.69, 9.17) is 47.4 Å². The maximum Gasteiger partial charge on any atom is 0.162 e. The van der Waals surface area contributed by atoms with Crippen LogP contribution >= 0.6 is 0 Å². The topological polar surface area (TPSA) is 92.3 Å². The van der Waals surface area contributed by atoms with Gasteiger partial charge in [0.15, 0.2) is 23.0 Å². The highest BCUT2D eigenvalue weighted by Gasteiger charge is 2.09. The Morgan fingerprint density at radius 3 is 1.00 bits per heavy atom. The van der Waals surface area contributed by atoms with Crippen LogP contribution in [0.1, 0.15) is 11.1 Å². The molecule has 0 N–H and O–H groups in total. The summed E-state index contributed by atoms with van der Waals surface area (Å²) in [6.45, 7) is 7.52. The van der Waals surface area contributed by atoms with Gasteiger partial charge in [-0.05, 0) is 48.6 Å². The van der Waals surface area contributed by atoms with E-state index in [1.807, 2.05) is 36.4 Å². The van der Waals surface area contributed by atoms with Gasteiger partial charge in [-0.1, -0.05) is 23.7 Å². The summed E-state index contributed by atoms with van der Waals surface area (Å²) in [7, 11) is 0. The second-order valence-electron chi connectivity index (χ2n) is 9.26. The maximum absolute atomic E-state index is 5.92. The zero-order chi connectivity index (χ0) is 30.3. The average molecular weight is 609 g/mol. The molecular weight excluding hydrogens is 568 g/mol. The predicted octanol–water partition coefficient (Wildman–Crippen LogP) is 3.29. The van der Waals surface area contributed by atoms with Gasteiger partial charge in [-0.2, -0.15) is 0 Å². The quantitative estimate of drug-likeness (QED) is 0.415. The standard InChI is InChI=1S/C34H40O10/c1(3-5-29-7-9-31-33(27-29)43-25-21-39-17-13-35-11-15-37-19-23-41-31)2-4-6-30-8-10-32-34(28-30)44-26-22-40-18-14-36-12-16-38-20-24-42-32/h1-2,7-10,27-28H,11-26H2/b2-1-. The Hall–Kier alpha value is -3.74. The molecule has 0 bridgehead atoms. The second kappa shape index (κ2) is 21.0. The van der Waals surface area contributed by atoms with Crippen LogP contribution in [0.4, 0.5) is 0 Å². The molecule has 2 aromatic rings. The summed E-state index contributed by atoms with van der Waals surface area (Å²) in [5.41, 5.74) is 1.57. The normalized spacial score (nSPS) is 18.1. The van der Waals surface area contributed by atoms with Crippen LogP contribution in [0.5, 0.6) is 23.0 Å². The molecule has 44 heavy (non-hydrogen) atoms. The van der Waals surface area contributed by atoms with Crippen LogP contribution in [-0.2, 0) is 28.4 Å². The van der Waals surface area contributed by atoms with E-state index in [-0.39, 0.29) is 0 Å². The first-order valence-electron chi connectivity index (χ1n) is 14.8. The molecule has 0 atom stereocenters. The molecule has 0 amide bonds. The Morgan fingerprint density at radius 2 is 0.659 bits per heavy atom. The van der Waals surface area contributed by atoms with Crippen LogP contribution in [0.2, 0.25) is 0 Å². The van der Waals surface area contributed by atoms with Gasteiger partial charge in [-0.25, -0.2) is 0 Å². The third-order valence-electron chi connectivity index (χ3n) is 6.00. The lowest BCUT2D eigenvalue weighted by atomic mass is 10.2. The lowest BCUT2D eigenvalue weighted by Gasteiger charge is -2.13. The van der Waals surface area contributed by atoms with Crippen molar-refractivity contribution in [3.8, 4) is 46.7 Å². The van der Waals surface area contributed by atoms with E-state index in [0.717, 1.165) is 11.1 Å². The van der Waals surface area contributed by atoms with Crippen LogP contribution < -0.4 is 18.9 Å². The Labute approximate surface area is 259 Å². The molecule has 0 aliphatic carbocycles. The monoisotopic (exact) mass is 608 g/mol. The van der Waals surface area contributed by atoms with Crippen LogP contribution in [-0.4, -0.2) is 106 Å². The summed E-state index contributed by atoms with van der Waals surface area (Å²) in [4.78, 5) is 0. The van der Waals surface area contributed by atoms with Crippen molar-refractivity contribution in [2.45, 2.75) is 0 Å². The van der Waals surface area contributed by atoms with Crippen molar-refractivity contribution < 1.29 is 47.4 Å². The van der Waals surface area contributed by atoms with Gasteiger partial charge < -0.3 is 47.4 Å². The molecule has 2 aromatic carbocycles. The Balaban J connectivity index is 1.34. The molecule has 2 aliphatic heterocycles. The molecule has 4 rings (SSSR count).